The van der Waals surface area contributed by atoms with Gasteiger partial charge in [0.2, 0.25) is 0 Å². The van der Waals surface area contributed by atoms with E-state index in [9.17, 15) is 0 Å². The molecule has 0 amide bonds. The molecule has 0 fully saturated rings. The molecule has 0 aliphatic carbocycles. The molecule has 88 valence electrons. The summed E-state index contributed by atoms with van der Waals surface area (Å²) in [6.07, 6.45) is 2.09. The van der Waals surface area contributed by atoms with E-state index in [0.717, 1.165) is 23.5 Å². The molecular formula is C11H15ClN2S2. The molecule has 2 N–H and O–H groups in total. The monoisotopic (exact) mass is 274 g/mol. The van der Waals surface area contributed by atoms with Gasteiger partial charge in [0.25, 0.3) is 0 Å². The minimum atomic E-state index is 0.375. The van der Waals surface area contributed by atoms with E-state index < -0.39 is 0 Å². The smallest absolute Gasteiger partial charge is 0.104 e. The summed E-state index contributed by atoms with van der Waals surface area (Å²) in [4.78, 5) is 2.50. The van der Waals surface area contributed by atoms with Gasteiger partial charge in [-0.25, -0.2) is 0 Å². The lowest BCUT2D eigenvalue weighted by Crippen LogP contribution is -2.20. The largest absolute Gasteiger partial charge is 0.389 e. The van der Waals surface area contributed by atoms with Gasteiger partial charge in [0.1, 0.15) is 4.99 Å². The minimum Gasteiger partial charge on any atom is -0.389 e. The molecule has 0 unspecified atom stereocenters. The van der Waals surface area contributed by atoms with Crippen molar-refractivity contribution in [2.75, 3.05) is 30.5 Å². The Kier molecular flexibility index (Phi) is 5.38. The molecule has 0 bridgehead atoms. The van der Waals surface area contributed by atoms with Crippen molar-refractivity contribution in [2.24, 2.45) is 5.73 Å². The second kappa shape index (κ2) is 6.33. The van der Waals surface area contributed by atoms with Crippen molar-refractivity contribution in [1.82, 2.24) is 0 Å². The van der Waals surface area contributed by atoms with Crippen LogP contribution in [-0.2, 0) is 0 Å². The fourth-order valence-corrected chi connectivity index (χ4v) is 2.23. The SMILES string of the molecule is CSCCN(C)c1ccc(C(N)=S)cc1Cl. The number of anilines is 1. The van der Waals surface area contributed by atoms with Gasteiger partial charge in [-0.05, 0) is 24.5 Å². The van der Waals surface area contributed by atoms with Crippen LogP contribution in [-0.4, -0.2) is 30.6 Å². The molecule has 0 aliphatic heterocycles. The van der Waals surface area contributed by atoms with E-state index in [-0.39, 0.29) is 0 Å². The van der Waals surface area contributed by atoms with Crippen molar-refractivity contribution in [3.05, 3.63) is 28.8 Å². The Hall–Kier alpha value is -0.450. The maximum atomic E-state index is 6.18. The number of hydrogen-bond donors (Lipinski definition) is 1. The summed E-state index contributed by atoms with van der Waals surface area (Å²) in [6.45, 7) is 0.966. The van der Waals surface area contributed by atoms with Gasteiger partial charge in [-0.2, -0.15) is 11.8 Å². The van der Waals surface area contributed by atoms with Gasteiger partial charge in [-0.3, -0.25) is 0 Å². The number of halogens is 1. The van der Waals surface area contributed by atoms with Crippen molar-refractivity contribution in [3.63, 3.8) is 0 Å². The van der Waals surface area contributed by atoms with E-state index in [2.05, 4.69) is 11.2 Å². The van der Waals surface area contributed by atoms with Gasteiger partial charge >= 0.3 is 0 Å². The van der Waals surface area contributed by atoms with Crippen LogP contribution < -0.4 is 10.6 Å². The third kappa shape index (κ3) is 3.54. The molecule has 5 heteroatoms. The predicted molar refractivity (Wildman–Crippen MR) is 79.0 cm³/mol. The summed E-state index contributed by atoms with van der Waals surface area (Å²) in [5.74, 6) is 1.07. The van der Waals surface area contributed by atoms with Crippen molar-refractivity contribution >= 4 is 46.3 Å². The number of benzene rings is 1. The molecule has 0 radical (unpaired) electrons. The lowest BCUT2D eigenvalue weighted by molar-refractivity contribution is 0.978. The summed E-state index contributed by atoms with van der Waals surface area (Å²) in [5, 5.41) is 0.689. The van der Waals surface area contributed by atoms with Gasteiger partial charge in [-0.15, -0.1) is 0 Å². The van der Waals surface area contributed by atoms with E-state index in [0.29, 0.717) is 10.0 Å². The van der Waals surface area contributed by atoms with Gasteiger partial charge in [0, 0.05) is 24.9 Å². The standard InChI is InChI=1S/C11H15ClN2S2/c1-14(5-6-16-2)10-4-3-8(11(13)15)7-9(10)12/h3-4,7H,5-6H2,1-2H3,(H2,13,15). The van der Waals surface area contributed by atoms with Crippen LogP contribution in [0.1, 0.15) is 5.56 Å². The van der Waals surface area contributed by atoms with Crippen molar-refractivity contribution in [2.45, 2.75) is 0 Å². The van der Waals surface area contributed by atoms with Crippen molar-refractivity contribution < 1.29 is 0 Å². The molecule has 0 saturated carbocycles. The zero-order valence-electron chi connectivity index (χ0n) is 9.37. The summed E-state index contributed by atoms with van der Waals surface area (Å²) < 4.78 is 0. The Labute approximate surface area is 111 Å². The Balaban J connectivity index is 2.85. The first kappa shape index (κ1) is 13.6. The van der Waals surface area contributed by atoms with Gasteiger partial charge in [0.15, 0.2) is 0 Å². The van der Waals surface area contributed by atoms with Crippen LogP contribution in [0.15, 0.2) is 18.2 Å². The summed E-state index contributed by atoms with van der Waals surface area (Å²) in [7, 11) is 2.03. The normalized spacial score (nSPS) is 10.2. The molecule has 2 nitrogen and oxygen atoms in total. The molecule has 16 heavy (non-hydrogen) atoms. The number of rotatable bonds is 5. The molecular weight excluding hydrogens is 260 g/mol. The maximum Gasteiger partial charge on any atom is 0.104 e. The van der Waals surface area contributed by atoms with E-state index in [4.69, 9.17) is 29.6 Å². The van der Waals surface area contributed by atoms with Gasteiger partial charge < -0.3 is 10.6 Å². The average molecular weight is 275 g/mol. The Morgan fingerprint density at radius 3 is 2.75 bits per heavy atom. The van der Waals surface area contributed by atoms with Crippen LogP contribution >= 0.6 is 35.6 Å². The van der Waals surface area contributed by atoms with Crippen LogP contribution in [0.3, 0.4) is 0 Å². The zero-order valence-corrected chi connectivity index (χ0v) is 11.8. The van der Waals surface area contributed by atoms with Gasteiger partial charge in [0.05, 0.1) is 10.7 Å². The Morgan fingerprint density at radius 1 is 1.56 bits per heavy atom. The Bertz CT molecular complexity index is 382. The van der Waals surface area contributed by atoms with Crippen LogP contribution in [0.5, 0.6) is 0 Å². The molecule has 0 spiro atoms. The van der Waals surface area contributed by atoms with E-state index in [1.54, 1.807) is 0 Å². The van der Waals surface area contributed by atoms with E-state index in [1.807, 2.05) is 37.0 Å². The summed E-state index contributed by atoms with van der Waals surface area (Å²) in [6, 6.07) is 5.67. The average Bonchev–Trinajstić information content (AvgIpc) is 2.25. The van der Waals surface area contributed by atoms with Crippen LogP contribution in [0, 0.1) is 0 Å². The summed E-state index contributed by atoms with van der Waals surface area (Å²) in [5.41, 5.74) is 7.36. The van der Waals surface area contributed by atoms with E-state index in [1.165, 1.54) is 0 Å². The number of nitrogens with two attached hydrogens (primary N) is 1. The molecule has 1 aromatic rings. The molecule has 0 saturated heterocycles. The molecule has 0 heterocycles. The highest BCUT2D eigenvalue weighted by Crippen LogP contribution is 2.26. The second-order valence-corrected chi connectivity index (χ2v) is 5.28. The van der Waals surface area contributed by atoms with Crippen LogP contribution in [0.25, 0.3) is 0 Å². The topological polar surface area (TPSA) is 29.3 Å². The lowest BCUT2D eigenvalue weighted by Gasteiger charge is -2.20. The molecule has 1 rings (SSSR count). The molecule has 0 aromatic heterocycles. The quantitative estimate of drug-likeness (QED) is 0.836. The molecule has 0 atom stereocenters. The Morgan fingerprint density at radius 2 is 2.25 bits per heavy atom. The van der Waals surface area contributed by atoms with Crippen molar-refractivity contribution in [1.29, 1.82) is 0 Å². The number of hydrogen-bond acceptors (Lipinski definition) is 3. The minimum absolute atomic E-state index is 0.375. The first-order chi connectivity index (χ1) is 7.56. The highest BCUT2D eigenvalue weighted by Gasteiger charge is 2.07. The zero-order chi connectivity index (χ0) is 12.1. The molecule has 1 aromatic carbocycles. The number of thiocarbonyl (C=S) groups is 1. The third-order valence-electron chi connectivity index (χ3n) is 2.27. The van der Waals surface area contributed by atoms with Crippen molar-refractivity contribution in [3.8, 4) is 0 Å². The number of thioether (sulfide) groups is 1. The first-order valence-electron chi connectivity index (χ1n) is 4.85. The first-order valence-corrected chi connectivity index (χ1v) is 7.03. The van der Waals surface area contributed by atoms with Crippen LogP contribution in [0.2, 0.25) is 5.02 Å². The fourth-order valence-electron chi connectivity index (χ4n) is 1.32. The third-order valence-corrected chi connectivity index (χ3v) is 3.40. The fraction of sp³-hybridized carbons (Fsp3) is 0.364. The lowest BCUT2D eigenvalue weighted by atomic mass is 10.2. The maximum absolute atomic E-state index is 6.18. The van der Waals surface area contributed by atoms with Crippen LogP contribution in [0.4, 0.5) is 5.69 Å². The van der Waals surface area contributed by atoms with Gasteiger partial charge in [-0.1, -0.05) is 23.8 Å². The second-order valence-electron chi connectivity index (χ2n) is 3.44. The van der Waals surface area contributed by atoms with E-state index >= 15 is 0 Å². The summed E-state index contributed by atoms with van der Waals surface area (Å²) >= 11 is 12.9. The predicted octanol–water partition coefficient (Wildman–Crippen LogP) is 2.77. The number of nitrogens with zero attached hydrogens (tertiary/aromatic N) is 1. The molecule has 0 aliphatic rings. The highest BCUT2D eigenvalue weighted by atomic mass is 35.5. The highest BCUT2D eigenvalue weighted by molar-refractivity contribution is 7.98.